The number of rotatable bonds is 2. The molecule has 0 amide bonds. The van der Waals surface area contributed by atoms with E-state index in [1.165, 1.54) is 3.57 Å². The van der Waals surface area contributed by atoms with E-state index in [9.17, 15) is 0 Å². The van der Waals surface area contributed by atoms with E-state index in [-0.39, 0.29) is 6.04 Å². The summed E-state index contributed by atoms with van der Waals surface area (Å²) in [5.74, 6) is 0. The van der Waals surface area contributed by atoms with Gasteiger partial charge in [-0.05, 0) is 46.4 Å². The maximum Gasteiger partial charge on any atom is 0.0490 e. The Labute approximate surface area is 94.3 Å². The zero-order chi connectivity index (χ0) is 9.14. The second kappa shape index (κ2) is 4.39. The number of halogens is 2. The summed E-state index contributed by atoms with van der Waals surface area (Å²) < 4.78 is 2.22. The maximum absolute atomic E-state index is 5.81. The zero-order valence-electron chi connectivity index (χ0n) is 6.43. The van der Waals surface area contributed by atoms with Gasteiger partial charge < -0.3 is 5.73 Å². The van der Waals surface area contributed by atoms with Crippen LogP contribution in [0.25, 0.3) is 0 Å². The predicted molar refractivity (Wildman–Crippen MR) is 64.0 cm³/mol. The third-order valence-electron chi connectivity index (χ3n) is 1.57. The van der Waals surface area contributed by atoms with Crippen molar-refractivity contribution in [1.29, 1.82) is 0 Å². The second-order valence-corrected chi connectivity index (χ2v) is 4.53. The van der Waals surface area contributed by atoms with Crippen LogP contribution in [0, 0.1) is 3.57 Å². The van der Waals surface area contributed by atoms with Crippen LogP contribution in [-0.4, -0.2) is 0 Å². The molecule has 3 heteroatoms. The van der Waals surface area contributed by atoms with Crippen LogP contribution in [0.15, 0.2) is 35.3 Å². The van der Waals surface area contributed by atoms with Crippen LogP contribution in [-0.2, 0) is 0 Å². The Morgan fingerprint density at radius 1 is 1.58 bits per heavy atom. The van der Waals surface area contributed by atoms with Gasteiger partial charge in [0.15, 0.2) is 0 Å². The molecule has 0 saturated heterocycles. The predicted octanol–water partition coefficient (Wildman–Crippen LogP) is 3.24. The van der Waals surface area contributed by atoms with Gasteiger partial charge in [0, 0.05) is 14.1 Å². The molecule has 0 aliphatic heterocycles. The molecule has 2 N–H and O–H groups in total. The van der Waals surface area contributed by atoms with Crippen molar-refractivity contribution in [1.82, 2.24) is 0 Å². The molecule has 1 unspecified atom stereocenters. The molecule has 0 bridgehead atoms. The summed E-state index contributed by atoms with van der Waals surface area (Å²) in [6.07, 6.45) is 1.73. The van der Waals surface area contributed by atoms with Gasteiger partial charge in [0.05, 0.1) is 0 Å². The minimum atomic E-state index is -0.0888. The summed E-state index contributed by atoms with van der Waals surface area (Å²) >= 11 is 5.70. The first-order valence-corrected chi connectivity index (χ1v) is 5.35. The van der Waals surface area contributed by atoms with Crippen LogP contribution in [0.5, 0.6) is 0 Å². The lowest BCUT2D eigenvalue weighted by Crippen LogP contribution is -2.07. The van der Waals surface area contributed by atoms with E-state index in [1.807, 2.05) is 12.1 Å². The Morgan fingerprint density at radius 3 is 2.83 bits per heavy atom. The average molecular weight is 338 g/mol. The van der Waals surface area contributed by atoms with E-state index in [0.29, 0.717) is 0 Å². The van der Waals surface area contributed by atoms with E-state index < -0.39 is 0 Å². The average Bonchev–Trinajstić information content (AvgIpc) is 2.08. The Bertz CT molecular complexity index is 299. The fourth-order valence-corrected chi connectivity index (χ4v) is 1.92. The van der Waals surface area contributed by atoms with Crippen LogP contribution >= 0.6 is 38.5 Å². The minimum absolute atomic E-state index is 0.0888. The van der Waals surface area contributed by atoms with Crippen molar-refractivity contribution in [2.75, 3.05) is 0 Å². The highest BCUT2D eigenvalue weighted by Gasteiger charge is 2.05. The molecule has 1 atom stereocenters. The van der Waals surface area contributed by atoms with Crippen LogP contribution in [0.1, 0.15) is 11.6 Å². The third kappa shape index (κ3) is 2.31. The van der Waals surface area contributed by atoms with Crippen LogP contribution in [0.2, 0.25) is 0 Å². The molecule has 12 heavy (non-hydrogen) atoms. The molecule has 0 aliphatic rings. The molecule has 0 saturated carbocycles. The van der Waals surface area contributed by atoms with Gasteiger partial charge >= 0.3 is 0 Å². The van der Waals surface area contributed by atoms with E-state index in [4.69, 9.17) is 5.73 Å². The van der Waals surface area contributed by atoms with Crippen molar-refractivity contribution in [2.24, 2.45) is 5.73 Å². The van der Waals surface area contributed by atoms with Gasteiger partial charge in [-0.1, -0.05) is 22.0 Å². The number of nitrogens with two attached hydrogens (primary N) is 1. The van der Waals surface area contributed by atoms with Gasteiger partial charge in [-0.3, -0.25) is 0 Å². The molecule has 1 rings (SSSR count). The highest BCUT2D eigenvalue weighted by Crippen LogP contribution is 2.24. The van der Waals surface area contributed by atoms with Crippen LogP contribution < -0.4 is 5.73 Å². The minimum Gasteiger partial charge on any atom is -0.321 e. The SMILES string of the molecule is C=CC(N)c1cc(I)ccc1Br. The van der Waals surface area contributed by atoms with Crippen molar-refractivity contribution < 1.29 is 0 Å². The summed E-state index contributed by atoms with van der Waals surface area (Å²) in [7, 11) is 0. The fraction of sp³-hybridized carbons (Fsp3) is 0.111. The van der Waals surface area contributed by atoms with Crippen LogP contribution in [0.3, 0.4) is 0 Å². The number of hydrogen-bond acceptors (Lipinski definition) is 1. The van der Waals surface area contributed by atoms with Gasteiger partial charge in [0.25, 0.3) is 0 Å². The molecule has 0 fully saturated rings. The molecule has 1 aromatic rings. The first-order chi connectivity index (χ1) is 5.65. The largest absolute Gasteiger partial charge is 0.321 e. The summed E-state index contributed by atoms with van der Waals surface area (Å²) in [5.41, 5.74) is 6.89. The highest BCUT2D eigenvalue weighted by atomic mass is 127. The first kappa shape index (κ1) is 10.2. The fourth-order valence-electron chi connectivity index (χ4n) is 0.897. The van der Waals surface area contributed by atoms with Gasteiger partial charge in [-0.15, -0.1) is 6.58 Å². The topological polar surface area (TPSA) is 26.0 Å². The Hall–Kier alpha value is 0.130. The van der Waals surface area contributed by atoms with Gasteiger partial charge in [-0.25, -0.2) is 0 Å². The van der Waals surface area contributed by atoms with Gasteiger partial charge in [0.1, 0.15) is 0 Å². The van der Waals surface area contributed by atoms with Gasteiger partial charge in [0.2, 0.25) is 0 Å². The van der Waals surface area contributed by atoms with E-state index in [1.54, 1.807) is 6.08 Å². The standard InChI is InChI=1S/C9H9BrIN/c1-2-9(12)7-5-6(11)3-4-8(7)10/h2-5,9H,1,12H2. The molecule has 64 valence electrons. The molecule has 0 radical (unpaired) electrons. The lowest BCUT2D eigenvalue weighted by Gasteiger charge is -2.09. The Balaban J connectivity index is 3.12. The number of benzene rings is 1. The quantitative estimate of drug-likeness (QED) is 0.650. The molecule has 0 aliphatic carbocycles. The zero-order valence-corrected chi connectivity index (χ0v) is 10.2. The third-order valence-corrected chi connectivity index (χ3v) is 2.96. The summed E-state index contributed by atoms with van der Waals surface area (Å²) in [4.78, 5) is 0. The Morgan fingerprint density at radius 2 is 2.25 bits per heavy atom. The molecule has 1 aromatic carbocycles. The van der Waals surface area contributed by atoms with Crippen molar-refractivity contribution in [3.8, 4) is 0 Å². The normalized spacial score (nSPS) is 12.6. The van der Waals surface area contributed by atoms with E-state index in [0.717, 1.165) is 10.0 Å². The number of hydrogen-bond donors (Lipinski definition) is 1. The van der Waals surface area contributed by atoms with Crippen molar-refractivity contribution in [3.05, 3.63) is 44.5 Å². The van der Waals surface area contributed by atoms with Crippen LogP contribution in [0.4, 0.5) is 0 Å². The van der Waals surface area contributed by atoms with Crippen molar-refractivity contribution in [3.63, 3.8) is 0 Å². The molecule has 0 heterocycles. The molecule has 0 aromatic heterocycles. The summed E-state index contributed by atoms with van der Waals surface area (Å²) in [5, 5.41) is 0. The second-order valence-electron chi connectivity index (χ2n) is 2.43. The first-order valence-electron chi connectivity index (χ1n) is 3.48. The molecular formula is C9H9BrIN. The lowest BCUT2D eigenvalue weighted by atomic mass is 10.1. The van der Waals surface area contributed by atoms with Crippen molar-refractivity contribution in [2.45, 2.75) is 6.04 Å². The van der Waals surface area contributed by atoms with Crippen molar-refractivity contribution >= 4 is 38.5 Å². The smallest absolute Gasteiger partial charge is 0.0490 e. The molecule has 1 nitrogen and oxygen atoms in total. The van der Waals surface area contributed by atoms with E-state index in [2.05, 4.69) is 51.2 Å². The van der Waals surface area contributed by atoms with Gasteiger partial charge in [-0.2, -0.15) is 0 Å². The molecule has 0 spiro atoms. The highest BCUT2D eigenvalue weighted by molar-refractivity contribution is 14.1. The summed E-state index contributed by atoms with van der Waals surface area (Å²) in [6, 6.07) is 6.00. The van der Waals surface area contributed by atoms with E-state index >= 15 is 0 Å². The molecular weight excluding hydrogens is 329 g/mol. The maximum atomic E-state index is 5.81. The monoisotopic (exact) mass is 337 g/mol. The summed E-state index contributed by atoms with van der Waals surface area (Å²) in [6.45, 7) is 3.66. The Kier molecular flexibility index (Phi) is 3.74. The lowest BCUT2D eigenvalue weighted by molar-refractivity contribution is 0.906.